The zero-order chi connectivity index (χ0) is 12.1. The van der Waals surface area contributed by atoms with Gasteiger partial charge in [-0.1, -0.05) is 17.3 Å². The number of nitrogens with zero attached hydrogens (tertiary/aromatic N) is 3. The number of rotatable bonds is 5. The molecule has 0 spiro atoms. The fourth-order valence-electron chi connectivity index (χ4n) is 1.55. The van der Waals surface area contributed by atoms with Crippen molar-refractivity contribution in [2.75, 3.05) is 11.9 Å². The van der Waals surface area contributed by atoms with Crippen LogP contribution in [0.3, 0.4) is 0 Å². The second-order valence-corrected chi connectivity index (χ2v) is 3.63. The highest BCUT2D eigenvalue weighted by molar-refractivity contribution is 5.56. The van der Waals surface area contributed by atoms with E-state index in [0.717, 1.165) is 17.1 Å². The molecule has 1 aromatic heterocycles. The van der Waals surface area contributed by atoms with Crippen molar-refractivity contribution in [1.82, 2.24) is 15.0 Å². The minimum absolute atomic E-state index is 0.659. The van der Waals surface area contributed by atoms with Crippen LogP contribution in [-0.4, -0.2) is 21.6 Å². The fraction of sp³-hybridized carbons (Fsp3) is 0.333. The van der Waals surface area contributed by atoms with Crippen LogP contribution in [0.25, 0.3) is 0 Å². The summed E-state index contributed by atoms with van der Waals surface area (Å²) in [6, 6.07) is 7.89. The van der Waals surface area contributed by atoms with Gasteiger partial charge in [0.05, 0.1) is 30.7 Å². The first-order valence-electron chi connectivity index (χ1n) is 5.60. The molecular weight excluding hydrogens is 216 g/mol. The Morgan fingerprint density at radius 2 is 2.18 bits per heavy atom. The first kappa shape index (κ1) is 11.4. The first-order chi connectivity index (χ1) is 8.31. The summed E-state index contributed by atoms with van der Waals surface area (Å²) in [5, 5.41) is 11.0. The molecule has 0 bridgehead atoms. The molecule has 0 aliphatic rings. The Bertz CT molecular complexity index is 481. The number of aromatic nitrogens is 3. The molecule has 1 heterocycles. The molecule has 17 heavy (non-hydrogen) atoms. The van der Waals surface area contributed by atoms with Crippen molar-refractivity contribution in [2.24, 2.45) is 7.05 Å². The van der Waals surface area contributed by atoms with Crippen LogP contribution in [0.2, 0.25) is 0 Å². The van der Waals surface area contributed by atoms with Crippen LogP contribution in [0.15, 0.2) is 30.5 Å². The Morgan fingerprint density at radius 3 is 2.88 bits per heavy atom. The number of hydrogen-bond donors (Lipinski definition) is 1. The summed E-state index contributed by atoms with van der Waals surface area (Å²) in [6.45, 7) is 3.31. The maximum absolute atomic E-state index is 5.54. The van der Waals surface area contributed by atoms with Gasteiger partial charge in [0.1, 0.15) is 5.75 Å². The molecule has 0 fully saturated rings. The molecule has 5 heteroatoms. The molecule has 1 aromatic carbocycles. The number of para-hydroxylation sites is 2. The summed E-state index contributed by atoms with van der Waals surface area (Å²) in [5.74, 6) is 0.866. The minimum atomic E-state index is 0.659. The Kier molecular flexibility index (Phi) is 3.59. The van der Waals surface area contributed by atoms with Gasteiger partial charge >= 0.3 is 0 Å². The standard InChI is InChI=1S/C12H16N4O/c1-3-17-12-7-5-4-6-11(12)13-8-10-9-14-15-16(10)2/h4-7,9,13H,3,8H2,1-2H3. The molecule has 90 valence electrons. The van der Waals surface area contributed by atoms with Gasteiger partial charge in [-0.2, -0.15) is 0 Å². The van der Waals surface area contributed by atoms with Gasteiger partial charge in [0, 0.05) is 7.05 Å². The number of hydrogen-bond acceptors (Lipinski definition) is 4. The van der Waals surface area contributed by atoms with Crippen molar-refractivity contribution in [3.63, 3.8) is 0 Å². The largest absolute Gasteiger partial charge is 0.492 e. The summed E-state index contributed by atoms with van der Waals surface area (Å²) < 4.78 is 7.28. The minimum Gasteiger partial charge on any atom is -0.492 e. The van der Waals surface area contributed by atoms with Gasteiger partial charge in [0.15, 0.2) is 0 Å². The third kappa shape index (κ3) is 2.75. The molecule has 0 saturated heterocycles. The molecule has 0 aliphatic heterocycles. The van der Waals surface area contributed by atoms with E-state index in [1.807, 2.05) is 38.2 Å². The van der Waals surface area contributed by atoms with E-state index in [0.29, 0.717) is 13.2 Å². The van der Waals surface area contributed by atoms with E-state index in [4.69, 9.17) is 4.74 Å². The number of benzene rings is 1. The van der Waals surface area contributed by atoms with E-state index < -0.39 is 0 Å². The summed E-state index contributed by atoms with van der Waals surface area (Å²) in [5.41, 5.74) is 2.01. The molecular formula is C12H16N4O. The van der Waals surface area contributed by atoms with Crippen molar-refractivity contribution in [2.45, 2.75) is 13.5 Å². The van der Waals surface area contributed by atoms with E-state index in [9.17, 15) is 0 Å². The van der Waals surface area contributed by atoms with Gasteiger partial charge in [-0.3, -0.25) is 4.68 Å². The topological polar surface area (TPSA) is 52.0 Å². The first-order valence-corrected chi connectivity index (χ1v) is 5.60. The van der Waals surface area contributed by atoms with E-state index in [-0.39, 0.29) is 0 Å². The maximum Gasteiger partial charge on any atom is 0.142 e. The monoisotopic (exact) mass is 232 g/mol. The highest BCUT2D eigenvalue weighted by atomic mass is 16.5. The summed E-state index contributed by atoms with van der Waals surface area (Å²) in [4.78, 5) is 0. The number of nitrogens with one attached hydrogen (secondary N) is 1. The predicted octanol–water partition coefficient (Wildman–Crippen LogP) is 1.83. The van der Waals surface area contributed by atoms with Gasteiger partial charge in [-0.15, -0.1) is 5.10 Å². The lowest BCUT2D eigenvalue weighted by Crippen LogP contribution is -2.06. The van der Waals surface area contributed by atoms with Crippen LogP contribution in [0.1, 0.15) is 12.6 Å². The van der Waals surface area contributed by atoms with Gasteiger partial charge < -0.3 is 10.1 Å². The third-order valence-electron chi connectivity index (χ3n) is 2.46. The van der Waals surface area contributed by atoms with Crippen molar-refractivity contribution < 1.29 is 4.74 Å². The molecule has 0 amide bonds. The highest BCUT2D eigenvalue weighted by Gasteiger charge is 2.03. The highest BCUT2D eigenvalue weighted by Crippen LogP contribution is 2.23. The fourth-order valence-corrected chi connectivity index (χ4v) is 1.55. The lowest BCUT2D eigenvalue weighted by atomic mass is 10.3. The van der Waals surface area contributed by atoms with Crippen LogP contribution >= 0.6 is 0 Å². The van der Waals surface area contributed by atoms with Crippen molar-refractivity contribution in [3.8, 4) is 5.75 Å². The molecule has 2 rings (SSSR count). The Labute approximate surface area is 100 Å². The van der Waals surface area contributed by atoms with Gasteiger partial charge in [-0.25, -0.2) is 0 Å². The summed E-state index contributed by atoms with van der Waals surface area (Å²) in [7, 11) is 1.87. The Hall–Kier alpha value is -2.04. The zero-order valence-corrected chi connectivity index (χ0v) is 10.1. The van der Waals surface area contributed by atoms with Crippen molar-refractivity contribution in [1.29, 1.82) is 0 Å². The molecule has 0 aliphatic carbocycles. The van der Waals surface area contributed by atoms with Crippen LogP contribution in [0, 0.1) is 0 Å². The summed E-state index contributed by atoms with van der Waals surface area (Å²) >= 11 is 0. The van der Waals surface area contributed by atoms with E-state index in [2.05, 4.69) is 15.6 Å². The van der Waals surface area contributed by atoms with Crippen LogP contribution in [0.4, 0.5) is 5.69 Å². The maximum atomic E-state index is 5.54. The number of aryl methyl sites for hydroxylation is 1. The lowest BCUT2D eigenvalue weighted by Gasteiger charge is -2.11. The average molecular weight is 232 g/mol. The molecule has 2 aromatic rings. The average Bonchev–Trinajstić information content (AvgIpc) is 2.74. The molecule has 1 N–H and O–H groups in total. The van der Waals surface area contributed by atoms with Crippen molar-refractivity contribution >= 4 is 5.69 Å². The third-order valence-corrected chi connectivity index (χ3v) is 2.46. The van der Waals surface area contributed by atoms with E-state index in [1.54, 1.807) is 10.9 Å². The van der Waals surface area contributed by atoms with E-state index in [1.165, 1.54) is 0 Å². The van der Waals surface area contributed by atoms with Gasteiger partial charge in [-0.05, 0) is 19.1 Å². The van der Waals surface area contributed by atoms with Crippen LogP contribution < -0.4 is 10.1 Å². The molecule has 0 unspecified atom stereocenters. The SMILES string of the molecule is CCOc1ccccc1NCc1cnnn1C. The Morgan fingerprint density at radius 1 is 1.35 bits per heavy atom. The zero-order valence-electron chi connectivity index (χ0n) is 10.1. The van der Waals surface area contributed by atoms with Gasteiger partial charge in [0.2, 0.25) is 0 Å². The second-order valence-electron chi connectivity index (χ2n) is 3.63. The molecule has 0 radical (unpaired) electrons. The number of anilines is 1. The van der Waals surface area contributed by atoms with Crippen molar-refractivity contribution in [3.05, 3.63) is 36.2 Å². The van der Waals surface area contributed by atoms with Crippen LogP contribution in [0.5, 0.6) is 5.75 Å². The molecule has 5 nitrogen and oxygen atoms in total. The van der Waals surface area contributed by atoms with Gasteiger partial charge in [0.25, 0.3) is 0 Å². The molecule has 0 saturated carbocycles. The lowest BCUT2D eigenvalue weighted by molar-refractivity contribution is 0.341. The van der Waals surface area contributed by atoms with Crippen LogP contribution in [-0.2, 0) is 13.6 Å². The number of ether oxygens (including phenoxy) is 1. The quantitative estimate of drug-likeness (QED) is 0.854. The smallest absolute Gasteiger partial charge is 0.142 e. The Balaban J connectivity index is 2.06. The molecule has 0 atom stereocenters. The van der Waals surface area contributed by atoms with E-state index >= 15 is 0 Å². The normalized spacial score (nSPS) is 10.2. The second kappa shape index (κ2) is 5.34. The summed E-state index contributed by atoms with van der Waals surface area (Å²) in [6.07, 6.45) is 1.75. The predicted molar refractivity (Wildman–Crippen MR) is 65.9 cm³/mol.